The Labute approximate surface area is 115 Å². The third kappa shape index (κ3) is 3.83. The van der Waals surface area contributed by atoms with E-state index in [2.05, 4.69) is 25.1 Å². The molecular formula is C17H21NO. The zero-order valence-electron chi connectivity index (χ0n) is 11.6. The van der Waals surface area contributed by atoms with E-state index in [1.165, 1.54) is 5.56 Å². The van der Waals surface area contributed by atoms with Crippen molar-refractivity contribution in [2.24, 2.45) is 5.73 Å². The summed E-state index contributed by atoms with van der Waals surface area (Å²) in [5, 5.41) is 0. The van der Waals surface area contributed by atoms with E-state index in [-0.39, 0.29) is 6.04 Å². The van der Waals surface area contributed by atoms with Gasteiger partial charge in [0, 0.05) is 6.04 Å². The third-order valence-corrected chi connectivity index (χ3v) is 3.05. The molecule has 0 saturated heterocycles. The Morgan fingerprint density at radius 3 is 2.63 bits per heavy atom. The molecule has 2 heteroatoms. The number of benzene rings is 2. The minimum absolute atomic E-state index is 0.131. The Hall–Kier alpha value is -1.80. The van der Waals surface area contributed by atoms with E-state index in [0.29, 0.717) is 0 Å². The van der Waals surface area contributed by atoms with Gasteiger partial charge in [0.1, 0.15) is 11.5 Å². The molecule has 19 heavy (non-hydrogen) atoms. The Morgan fingerprint density at radius 2 is 1.89 bits per heavy atom. The molecule has 0 amide bonds. The van der Waals surface area contributed by atoms with Crippen molar-refractivity contribution in [3.05, 3.63) is 59.7 Å². The Bertz CT molecular complexity index is 534. The van der Waals surface area contributed by atoms with Gasteiger partial charge in [-0.15, -0.1) is 0 Å². The highest BCUT2D eigenvalue weighted by atomic mass is 16.5. The molecule has 2 aromatic carbocycles. The zero-order chi connectivity index (χ0) is 13.7. The number of hydrogen-bond acceptors (Lipinski definition) is 2. The fourth-order valence-electron chi connectivity index (χ4n) is 2.07. The van der Waals surface area contributed by atoms with Crippen LogP contribution >= 0.6 is 0 Å². The van der Waals surface area contributed by atoms with E-state index in [0.717, 1.165) is 29.9 Å². The van der Waals surface area contributed by atoms with Crippen LogP contribution in [-0.2, 0) is 12.8 Å². The first kappa shape index (κ1) is 13.6. The summed E-state index contributed by atoms with van der Waals surface area (Å²) in [5.41, 5.74) is 8.31. The molecule has 0 saturated carbocycles. The first-order valence-electron chi connectivity index (χ1n) is 6.79. The molecule has 0 fully saturated rings. The molecule has 0 aromatic heterocycles. The second-order valence-corrected chi connectivity index (χ2v) is 4.89. The Kier molecular flexibility index (Phi) is 4.58. The number of aryl methyl sites for hydroxylation is 1. The average molecular weight is 255 g/mol. The van der Waals surface area contributed by atoms with Crippen LogP contribution in [-0.4, -0.2) is 6.04 Å². The lowest BCUT2D eigenvalue weighted by atomic mass is 10.1. The number of nitrogens with two attached hydrogens (primary N) is 1. The van der Waals surface area contributed by atoms with Crippen LogP contribution < -0.4 is 10.5 Å². The van der Waals surface area contributed by atoms with E-state index < -0.39 is 0 Å². The molecule has 1 unspecified atom stereocenters. The van der Waals surface area contributed by atoms with Crippen LogP contribution in [0.3, 0.4) is 0 Å². The van der Waals surface area contributed by atoms with Crippen molar-refractivity contribution in [1.82, 2.24) is 0 Å². The van der Waals surface area contributed by atoms with Crippen molar-refractivity contribution in [3.8, 4) is 11.5 Å². The monoisotopic (exact) mass is 255 g/mol. The third-order valence-electron chi connectivity index (χ3n) is 3.05. The predicted octanol–water partition coefficient (Wildman–Crippen LogP) is 3.93. The average Bonchev–Trinajstić information content (AvgIpc) is 2.41. The van der Waals surface area contributed by atoms with Crippen LogP contribution in [0.1, 0.15) is 25.0 Å². The highest BCUT2D eigenvalue weighted by Gasteiger charge is 2.06. The van der Waals surface area contributed by atoms with Crippen molar-refractivity contribution in [1.29, 1.82) is 0 Å². The maximum atomic E-state index is 6.00. The molecule has 2 rings (SSSR count). The van der Waals surface area contributed by atoms with Crippen molar-refractivity contribution >= 4 is 0 Å². The summed E-state index contributed by atoms with van der Waals surface area (Å²) >= 11 is 0. The molecule has 0 radical (unpaired) electrons. The summed E-state index contributed by atoms with van der Waals surface area (Å²) in [4.78, 5) is 0. The van der Waals surface area contributed by atoms with Gasteiger partial charge in [-0.3, -0.25) is 0 Å². The van der Waals surface area contributed by atoms with Crippen molar-refractivity contribution in [2.75, 3.05) is 0 Å². The summed E-state index contributed by atoms with van der Waals surface area (Å²) in [6.45, 7) is 4.15. The largest absolute Gasteiger partial charge is 0.457 e. The van der Waals surface area contributed by atoms with Gasteiger partial charge in [-0.2, -0.15) is 0 Å². The fraction of sp³-hybridized carbons (Fsp3) is 0.294. The second kappa shape index (κ2) is 6.39. The minimum Gasteiger partial charge on any atom is -0.457 e. The number of hydrogen-bond donors (Lipinski definition) is 1. The van der Waals surface area contributed by atoms with Crippen LogP contribution in [0.4, 0.5) is 0 Å². The summed E-state index contributed by atoms with van der Waals surface area (Å²) in [6.07, 6.45) is 1.84. The molecule has 0 aliphatic rings. The first-order valence-corrected chi connectivity index (χ1v) is 6.79. The fourth-order valence-corrected chi connectivity index (χ4v) is 2.07. The summed E-state index contributed by atoms with van der Waals surface area (Å²) in [6, 6.07) is 16.4. The lowest BCUT2D eigenvalue weighted by molar-refractivity contribution is 0.473. The molecule has 1 atom stereocenters. The molecular weight excluding hydrogens is 234 g/mol. The molecule has 2 aromatic rings. The molecule has 2 nitrogen and oxygen atoms in total. The van der Waals surface area contributed by atoms with Gasteiger partial charge in [0.05, 0.1) is 0 Å². The number of para-hydroxylation sites is 1. The SMILES string of the molecule is CCc1cccc(Oc2ccccc2CC(C)N)c1. The number of ether oxygens (including phenoxy) is 1. The number of rotatable bonds is 5. The van der Waals surface area contributed by atoms with Crippen LogP contribution in [0, 0.1) is 0 Å². The van der Waals surface area contributed by atoms with Crippen LogP contribution in [0.15, 0.2) is 48.5 Å². The van der Waals surface area contributed by atoms with Crippen LogP contribution in [0.5, 0.6) is 11.5 Å². The zero-order valence-corrected chi connectivity index (χ0v) is 11.6. The van der Waals surface area contributed by atoms with Crippen LogP contribution in [0.25, 0.3) is 0 Å². The normalized spacial score (nSPS) is 12.2. The van der Waals surface area contributed by atoms with E-state index in [9.17, 15) is 0 Å². The minimum atomic E-state index is 0.131. The van der Waals surface area contributed by atoms with Gasteiger partial charge >= 0.3 is 0 Å². The van der Waals surface area contributed by atoms with E-state index in [4.69, 9.17) is 10.5 Å². The van der Waals surface area contributed by atoms with Gasteiger partial charge in [-0.05, 0) is 49.1 Å². The van der Waals surface area contributed by atoms with Gasteiger partial charge < -0.3 is 10.5 Å². The van der Waals surface area contributed by atoms with E-state index in [1.807, 2.05) is 37.3 Å². The lowest BCUT2D eigenvalue weighted by Gasteiger charge is -2.13. The molecule has 0 bridgehead atoms. The van der Waals surface area contributed by atoms with Gasteiger partial charge in [0.2, 0.25) is 0 Å². The highest BCUT2D eigenvalue weighted by molar-refractivity contribution is 5.39. The van der Waals surface area contributed by atoms with Gasteiger partial charge in [0.15, 0.2) is 0 Å². The standard InChI is InChI=1S/C17H21NO/c1-3-14-7-6-9-16(12-14)19-17-10-5-4-8-15(17)11-13(2)18/h4-10,12-13H,3,11,18H2,1-2H3. The highest BCUT2D eigenvalue weighted by Crippen LogP contribution is 2.26. The van der Waals surface area contributed by atoms with Crippen molar-refractivity contribution < 1.29 is 4.74 Å². The molecule has 0 spiro atoms. The molecule has 100 valence electrons. The maximum Gasteiger partial charge on any atom is 0.130 e. The second-order valence-electron chi connectivity index (χ2n) is 4.89. The summed E-state index contributed by atoms with van der Waals surface area (Å²) < 4.78 is 6.00. The molecule has 0 heterocycles. The van der Waals surface area contributed by atoms with Crippen molar-refractivity contribution in [3.63, 3.8) is 0 Å². The summed E-state index contributed by atoms with van der Waals surface area (Å²) in [5.74, 6) is 1.78. The Balaban J connectivity index is 2.22. The van der Waals surface area contributed by atoms with Gasteiger partial charge in [0.25, 0.3) is 0 Å². The first-order chi connectivity index (χ1) is 9.19. The lowest BCUT2D eigenvalue weighted by Crippen LogP contribution is -2.18. The maximum absolute atomic E-state index is 6.00. The van der Waals surface area contributed by atoms with Gasteiger partial charge in [-0.1, -0.05) is 37.3 Å². The Morgan fingerprint density at radius 1 is 1.11 bits per heavy atom. The molecule has 2 N–H and O–H groups in total. The smallest absolute Gasteiger partial charge is 0.130 e. The quantitative estimate of drug-likeness (QED) is 0.878. The van der Waals surface area contributed by atoms with Crippen LogP contribution in [0.2, 0.25) is 0 Å². The predicted molar refractivity (Wildman–Crippen MR) is 79.7 cm³/mol. The van der Waals surface area contributed by atoms with Gasteiger partial charge in [-0.25, -0.2) is 0 Å². The van der Waals surface area contributed by atoms with E-state index >= 15 is 0 Å². The van der Waals surface area contributed by atoms with Crippen molar-refractivity contribution in [2.45, 2.75) is 32.7 Å². The van der Waals surface area contributed by atoms with E-state index in [1.54, 1.807) is 0 Å². The topological polar surface area (TPSA) is 35.2 Å². The molecule has 0 aliphatic heterocycles. The molecule has 0 aliphatic carbocycles. The summed E-state index contributed by atoms with van der Waals surface area (Å²) in [7, 11) is 0.